The molecule has 1 saturated heterocycles. The zero-order valence-electron chi connectivity index (χ0n) is 14.1. The number of hydrogen-bond donors (Lipinski definition) is 1. The van der Waals surface area contributed by atoms with E-state index < -0.39 is 26.0 Å². The first-order chi connectivity index (χ1) is 12.7. The summed E-state index contributed by atoms with van der Waals surface area (Å²) in [5, 5.41) is 0. The first-order valence-electron chi connectivity index (χ1n) is 8.12. The normalized spacial score (nSPS) is 16.7. The van der Waals surface area contributed by atoms with E-state index in [0.717, 1.165) is 6.42 Å². The largest absolute Gasteiger partial charge is 0.270 e. The van der Waals surface area contributed by atoms with Crippen molar-refractivity contribution in [1.82, 2.24) is 4.72 Å². The molecule has 0 spiro atoms. The Hall–Kier alpha value is -1.91. The van der Waals surface area contributed by atoms with Crippen molar-refractivity contribution in [2.45, 2.75) is 17.7 Å². The van der Waals surface area contributed by atoms with Gasteiger partial charge in [-0.1, -0.05) is 28.1 Å². The SMILES string of the molecule is O=C(NS(=O)(=O)c1cccc(Br)c1)c1cccc(N2CCCCS2(=O)=O)c1. The van der Waals surface area contributed by atoms with Gasteiger partial charge in [0.2, 0.25) is 10.0 Å². The van der Waals surface area contributed by atoms with Crippen molar-refractivity contribution in [3.8, 4) is 0 Å². The fourth-order valence-electron chi connectivity index (χ4n) is 2.76. The van der Waals surface area contributed by atoms with Crippen molar-refractivity contribution in [3.05, 3.63) is 58.6 Å². The molecule has 0 bridgehead atoms. The van der Waals surface area contributed by atoms with Gasteiger partial charge >= 0.3 is 0 Å². The smallest absolute Gasteiger partial charge is 0.265 e. The fraction of sp³-hybridized carbons (Fsp3) is 0.235. The number of sulfonamides is 2. The van der Waals surface area contributed by atoms with E-state index in [1.807, 2.05) is 4.72 Å². The van der Waals surface area contributed by atoms with Crippen LogP contribution in [0.1, 0.15) is 23.2 Å². The summed E-state index contributed by atoms with van der Waals surface area (Å²) in [5.74, 6) is -0.771. The van der Waals surface area contributed by atoms with Crippen molar-refractivity contribution in [1.29, 1.82) is 0 Å². The van der Waals surface area contributed by atoms with Crippen LogP contribution in [-0.2, 0) is 20.0 Å². The lowest BCUT2D eigenvalue weighted by atomic mass is 10.2. The Labute approximate surface area is 166 Å². The molecule has 2 aromatic rings. The van der Waals surface area contributed by atoms with Crippen LogP contribution in [0.4, 0.5) is 5.69 Å². The summed E-state index contributed by atoms with van der Waals surface area (Å²) in [7, 11) is -7.48. The van der Waals surface area contributed by atoms with E-state index >= 15 is 0 Å². The number of carbonyl (C=O) groups is 1. The maximum atomic E-state index is 12.4. The number of anilines is 1. The van der Waals surface area contributed by atoms with E-state index in [1.54, 1.807) is 18.2 Å². The maximum absolute atomic E-state index is 12.4. The molecule has 7 nitrogen and oxygen atoms in total. The van der Waals surface area contributed by atoms with Gasteiger partial charge in [0.25, 0.3) is 15.9 Å². The standard InChI is InChI=1S/C17H17BrN2O5S2/c18-14-6-4-8-16(12-14)27(24,25)19-17(21)13-5-3-7-15(11-13)20-9-1-2-10-26(20,22)23/h3-8,11-12H,1-2,9-10H2,(H,19,21). The lowest BCUT2D eigenvalue weighted by Crippen LogP contribution is -2.38. The van der Waals surface area contributed by atoms with Crippen LogP contribution in [-0.4, -0.2) is 35.0 Å². The van der Waals surface area contributed by atoms with E-state index in [9.17, 15) is 21.6 Å². The van der Waals surface area contributed by atoms with Crippen molar-refractivity contribution in [2.75, 3.05) is 16.6 Å². The van der Waals surface area contributed by atoms with E-state index in [-0.39, 0.29) is 16.2 Å². The summed E-state index contributed by atoms with van der Waals surface area (Å²) < 4.78 is 53.1. The first kappa shape index (κ1) is 19.8. The van der Waals surface area contributed by atoms with E-state index in [2.05, 4.69) is 15.9 Å². The van der Waals surface area contributed by atoms with Crippen molar-refractivity contribution < 1.29 is 21.6 Å². The van der Waals surface area contributed by atoms with Crippen LogP contribution in [0.5, 0.6) is 0 Å². The zero-order valence-corrected chi connectivity index (χ0v) is 17.3. The number of nitrogens with one attached hydrogen (secondary N) is 1. The molecule has 1 aliphatic heterocycles. The molecule has 3 rings (SSSR count). The molecule has 0 aromatic heterocycles. The number of hydrogen-bond acceptors (Lipinski definition) is 5. The van der Waals surface area contributed by atoms with Gasteiger partial charge in [-0.15, -0.1) is 0 Å². The van der Waals surface area contributed by atoms with E-state index in [1.165, 1.54) is 34.6 Å². The van der Waals surface area contributed by atoms with Gasteiger partial charge < -0.3 is 0 Å². The Morgan fingerprint density at radius 3 is 2.52 bits per heavy atom. The molecule has 1 amide bonds. The predicted molar refractivity (Wildman–Crippen MR) is 106 cm³/mol. The third kappa shape index (κ3) is 4.50. The number of amides is 1. The predicted octanol–water partition coefficient (Wildman–Crippen LogP) is 2.50. The van der Waals surface area contributed by atoms with Gasteiger partial charge in [-0.25, -0.2) is 21.6 Å². The Morgan fingerprint density at radius 1 is 1.07 bits per heavy atom. The van der Waals surface area contributed by atoms with Crippen LogP contribution in [0.2, 0.25) is 0 Å². The lowest BCUT2D eigenvalue weighted by Gasteiger charge is -2.28. The van der Waals surface area contributed by atoms with Crippen LogP contribution < -0.4 is 9.03 Å². The van der Waals surface area contributed by atoms with Gasteiger partial charge in [-0.05, 0) is 49.2 Å². The second-order valence-corrected chi connectivity index (χ2v) is 10.6. The first-order valence-corrected chi connectivity index (χ1v) is 12.0. The van der Waals surface area contributed by atoms with Crippen molar-refractivity contribution in [2.24, 2.45) is 0 Å². The monoisotopic (exact) mass is 472 g/mol. The van der Waals surface area contributed by atoms with Crippen LogP contribution in [0.3, 0.4) is 0 Å². The van der Waals surface area contributed by atoms with Gasteiger partial charge in [0.1, 0.15) is 0 Å². The molecule has 0 aliphatic carbocycles. The molecule has 1 aliphatic rings. The molecule has 10 heteroatoms. The van der Waals surface area contributed by atoms with Gasteiger partial charge in [0.05, 0.1) is 16.3 Å². The number of nitrogens with zero attached hydrogens (tertiary/aromatic N) is 1. The number of benzene rings is 2. The molecular weight excluding hydrogens is 456 g/mol. The number of rotatable bonds is 4. The summed E-state index contributed by atoms with van der Waals surface area (Å²) in [6, 6.07) is 11.9. The molecule has 27 heavy (non-hydrogen) atoms. The third-order valence-electron chi connectivity index (χ3n) is 4.08. The quantitative estimate of drug-likeness (QED) is 0.736. The highest BCUT2D eigenvalue weighted by molar-refractivity contribution is 9.10. The average Bonchev–Trinajstić information content (AvgIpc) is 2.61. The maximum Gasteiger partial charge on any atom is 0.265 e. The zero-order chi connectivity index (χ0) is 19.7. The summed E-state index contributed by atoms with van der Waals surface area (Å²) in [5.41, 5.74) is 0.411. The summed E-state index contributed by atoms with van der Waals surface area (Å²) in [6.45, 7) is 0.337. The molecule has 1 N–H and O–H groups in total. The Bertz CT molecular complexity index is 1080. The Morgan fingerprint density at radius 2 is 1.81 bits per heavy atom. The molecule has 0 unspecified atom stereocenters. The lowest BCUT2D eigenvalue weighted by molar-refractivity contribution is 0.0981. The van der Waals surface area contributed by atoms with Gasteiger partial charge in [-0.3, -0.25) is 9.10 Å². The van der Waals surface area contributed by atoms with Crippen LogP contribution in [0.25, 0.3) is 0 Å². The third-order valence-corrected chi connectivity index (χ3v) is 7.77. The van der Waals surface area contributed by atoms with Crippen LogP contribution in [0.15, 0.2) is 57.9 Å². The summed E-state index contributed by atoms with van der Waals surface area (Å²) >= 11 is 3.19. The number of halogens is 1. The molecule has 1 fully saturated rings. The van der Waals surface area contributed by atoms with Crippen molar-refractivity contribution in [3.63, 3.8) is 0 Å². The van der Waals surface area contributed by atoms with E-state index in [4.69, 9.17) is 0 Å². The fourth-order valence-corrected chi connectivity index (χ4v) is 5.96. The topological polar surface area (TPSA) is 101 Å². The second-order valence-electron chi connectivity index (χ2n) is 6.04. The summed E-state index contributed by atoms with van der Waals surface area (Å²) in [6.07, 6.45) is 1.33. The molecule has 2 aromatic carbocycles. The Balaban J connectivity index is 1.86. The van der Waals surface area contributed by atoms with Crippen LogP contribution >= 0.6 is 15.9 Å². The molecular formula is C17H17BrN2O5S2. The van der Waals surface area contributed by atoms with Gasteiger partial charge in [0.15, 0.2) is 0 Å². The van der Waals surface area contributed by atoms with E-state index in [0.29, 0.717) is 23.1 Å². The minimum absolute atomic E-state index is 0.0556. The highest BCUT2D eigenvalue weighted by atomic mass is 79.9. The molecule has 0 saturated carbocycles. The van der Waals surface area contributed by atoms with Gasteiger partial charge in [0, 0.05) is 16.6 Å². The highest BCUT2D eigenvalue weighted by Gasteiger charge is 2.27. The second kappa shape index (κ2) is 7.61. The minimum Gasteiger partial charge on any atom is -0.270 e. The van der Waals surface area contributed by atoms with Gasteiger partial charge in [-0.2, -0.15) is 0 Å². The van der Waals surface area contributed by atoms with Crippen molar-refractivity contribution >= 4 is 47.6 Å². The summed E-state index contributed by atoms with van der Waals surface area (Å²) in [4.78, 5) is 12.4. The molecule has 0 atom stereocenters. The minimum atomic E-state index is -4.05. The molecule has 1 heterocycles. The number of carbonyl (C=O) groups excluding carboxylic acids is 1. The van der Waals surface area contributed by atoms with Crippen LogP contribution in [0, 0.1) is 0 Å². The molecule has 0 radical (unpaired) electrons. The average molecular weight is 473 g/mol. The Kier molecular flexibility index (Phi) is 5.59. The highest BCUT2D eigenvalue weighted by Crippen LogP contribution is 2.24. The molecule has 144 valence electrons.